The summed E-state index contributed by atoms with van der Waals surface area (Å²) in [6, 6.07) is 0. The van der Waals surface area contributed by atoms with Gasteiger partial charge in [0.05, 0.1) is 12.0 Å². The summed E-state index contributed by atoms with van der Waals surface area (Å²) in [5.41, 5.74) is 0. The van der Waals surface area contributed by atoms with Crippen LogP contribution in [0.3, 0.4) is 0 Å². The van der Waals surface area contributed by atoms with E-state index < -0.39 is 6.10 Å². The van der Waals surface area contributed by atoms with Crippen LogP contribution in [0.2, 0.25) is 0 Å². The van der Waals surface area contributed by atoms with E-state index in [9.17, 15) is 5.11 Å². The third-order valence-electron chi connectivity index (χ3n) is 2.49. The highest BCUT2D eigenvalue weighted by Gasteiger charge is 2.22. The molecular formula is C10H14N4O2. The number of hydrogen-bond acceptors (Lipinski definition) is 5. The predicted octanol–water partition coefficient (Wildman–Crippen LogP) is 1.33. The topological polar surface area (TPSA) is 87.8 Å². The maximum Gasteiger partial charge on any atom is 0.238 e. The van der Waals surface area contributed by atoms with Gasteiger partial charge >= 0.3 is 0 Å². The van der Waals surface area contributed by atoms with Crippen molar-refractivity contribution in [3.05, 3.63) is 18.3 Å². The Morgan fingerprint density at radius 1 is 1.56 bits per heavy atom. The van der Waals surface area contributed by atoms with Gasteiger partial charge in [-0.1, -0.05) is 12.1 Å². The van der Waals surface area contributed by atoms with E-state index in [1.54, 1.807) is 19.3 Å². The summed E-state index contributed by atoms with van der Waals surface area (Å²) in [5, 5.41) is 13.4. The van der Waals surface area contributed by atoms with Crippen LogP contribution in [-0.4, -0.2) is 31.3 Å². The van der Waals surface area contributed by atoms with Crippen molar-refractivity contribution in [2.24, 2.45) is 0 Å². The minimum Gasteiger partial charge on any atom is -0.393 e. The summed E-state index contributed by atoms with van der Waals surface area (Å²) in [6.07, 6.45) is 3.56. The van der Waals surface area contributed by atoms with Crippen molar-refractivity contribution in [3.8, 4) is 11.6 Å². The minimum absolute atomic E-state index is 0.129. The first kappa shape index (κ1) is 10.8. The van der Waals surface area contributed by atoms with Gasteiger partial charge in [0.2, 0.25) is 11.7 Å². The second-order valence-corrected chi connectivity index (χ2v) is 3.65. The average molecular weight is 222 g/mol. The second kappa shape index (κ2) is 4.44. The van der Waals surface area contributed by atoms with E-state index in [2.05, 4.69) is 20.1 Å². The van der Waals surface area contributed by atoms with E-state index in [1.165, 1.54) is 0 Å². The largest absolute Gasteiger partial charge is 0.393 e. The van der Waals surface area contributed by atoms with E-state index in [0.717, 1.165) is 6.42 Å². The molecule has 2 atom stereocenters. The van der Waals surface area contributed by atoms with Gasteiger partial charge in [0.25, 0.3) is 0 Å². The normalized spacial score (nSPS) is 14.9. The Kier molecular flexibility index (Phi) is 3.00. The predicted molar refractivity (Wildman–Crippen MR) is 56.6 cm³/mol. The van der Waals surface area contributed by atoms with Crippen LogP contribution in [0.5, 0.6) is 0 Å². The average Bonchev–Trinajstić information content (AvgIpc) is 2.86. The molecule has 6 heteroatoms. The molecule has 0 aliphatic heterocycles. The fraction of sp³-hybridized carbons (Fsp3) is 0.500. The maximum atomic E-state index is 9.55. The molecule has 0 amide bonds. The number of imidazole rings is 1. The Bertz CT molecular complexity index is 435. The molecule has 0 aliphatic rings. The molecule has 2 N–H and O–H groups in total. The van der Waals surface area contributed by atoms with Crippen molar-refractivity contribution in [2.75, 3.05) is 0 Å². The van der Waals surface area contributed by atoms with Gasteiger partial charge in [-0.3, -0.25) is 0 Å². The molecule has 0 radical (unpaired) electrons. The van der Waals surface area contributed by atoms with Crippen molar-refractivity contribution in [1.82, 2.24) is 20.1 Å². The molecule has 0 saturated carbocycles. The van der Waals surface area contributed by atoms with Crippen LogP contribution < -0.4 is 0 Å². The minimum atomic E-state index is -0.505. The monoisotopic (exact) mass is 222 g/mol. The molecule has 2 rings (SSSR count). The van der Waals surface area contributed by atoms with Crippen LogP contribution in [0.4, 0.5) is 0 Å². The quantitative estimate of drug-likeness (QED) is 0.814. The summed E-state index contributed by atoms with van der Waals surface area (Å²) >= 11 is 0. The van der Waals surface area contributed by atoms with E-state index in [1.807, 2.05) is 6.92 Å². The third kappa shape index (κ3) is 1.96. The number of aromatic amines is 1. The molecular weight excluding hydrogens is 208 g/mol. The van der Waals surface area contributed by atoms with Crippen LogP contribution in [0.25, 0.3) is 11.6 Å². The Labute approximate surface area is 92.7 Å². The molecule has 2 aromatic rings. The molecule has 2 unspecified atom stereocenters. The molecule has 0 saturated heterocycles. The molecule has 0 aliphatic carbocycles. The Balaban J connectivity index is 2.25. The molecule has 2 heterocycles. The first-order chi connectivity index (χ1) is 7.72. The van der Waals surface area contributed by atoms with Gasteiger partial charge in [-0.05, 0) is 13.3 Å². The Morgan fingerprint density at radius 3 is 2.94 bits per heavy atom. The molecule has 86 valence electrons. The lowest BCUT2D eigenvalue weighted by Crippen LogP contribution is -2.14. The Morgan fingerprint density at radius 2 is 2.38 bits per heavy atom. The molecule has 0 bridgehead atoms. The SMILES string of the molecule is CCC(c1nc(-c2ncc[nH]2)no1)C(C)O. The maximum absolute atomic E-state index is 9.55. The fourth-order valence-electron chi connectivity index (χ4n) is 1.59. The number of hydrogen-bond donors (Lipinski definition) is 2. The van der Waals surface area contributed by atoms with Gasteiger partial charge in [-0.25, -0.2) is 4.98 Å². The number of aliphatic hydroxyl groups excluding tert-OH is 1. The number of H-pyrrole nitrogens is 1. The number of nitrogens with one attached hydrogen (secondary N) is 1. The molecule has 0 spiro atoms. The van der Waals surface area contributed by atoms with Gasteiger partial charge in [0, 0.05) is 12.4 Å². The number of aliphatic hydroxyl groups is 1. The molecule has 2 aromatic heterocycles. The lowest BCUT2D eigenvalue weighted by atomic mass is 10.0. The van der Waals surface area contributed by atoms with E-state index in [4.69, 9.17) is 4.52 Å². The molecule has 6 nitrogen and oxygen atoms in total. The molecule has 0 fully saturated rings. The van der Waals surface area contributed by atoms with Crippen LogP contribution in [0, 0.1) is 0 Å². The highest BCUT2D eigenvalue weighted by Crippen LogP contribution is 2.23. The van der Waals surface area contributed by atoms with Crippen LogP contribution >= 0.6 is 0 Å². The van der Waals surface area contributed by atoms with Crippen molar-refractivity contribution in [3.63, 3.8) is 0 Å². The summed E-state index contributed by atoms with van der Waals surface area (Å²) in [5.74, 6) is 1.30. The second-order valence-electron chi connectivity index (χ2n) is 3.65. The first-order valence-corrected chi connectivity index (χ1v) is 5.23. The highest BCUT2D eigenvalue weighted by atomic mass is 16.5. The van der Waals surface area contributed by atoms with Gasteiger partial charge in [-0.2, -0.15) is 4.98 Å². The van der Waals surface area contributed by atoms with Crippen molar-refractivity contribution < 1.29 is 9.63 Å². The summed E-state index contributed by atoms with van der Waals surface area (Å²) in [6.45, 7) is 3.68. The summed E-state index contributed by atoms with van der Waals surface area (Å²) in [7, 11) is 0. The van der Waals surface area contributed by atoms with Crippen molar-refractivity contribution in [1.29, 1.82) is 0 Å². The summed E-state index contributed by atoms with van der Waals surface area (Å²) < 4.78 is 5.12. The van der Waals surface area contributed by atoms with E-state index >= 15 is 0 Å². The third-order valence-corrected chi connectivity index (χ3v) is 2.49. The van der Waals surface area contributed by atoms with E-state index in [0.29, 0.717) is 17.5 Å². The number of nitrogens with zero attached hydrogens (tertiary/aromatic N) is 3. The zero-order valence-electron chi connectivity index (χ0n) is 9.21. The lowest BCUT2D eigenvalue weighted by molar-refractivity contribution is 0.141. The van der Waals surface area contributed by atoms with Crippen molar-refractivity contribution in [2.45, 2.75) is 32.3 Å². The van der Waals surface area contributed by atoms with Gasteiger partial charge < -0.3 is 14.6 Å². The standard InChI is InChI=1S/C10H14N4O2/c1-3-7(6(2)15)10-13-9(14-16-10)8-11-4-5-12-8/h4-7,15H,3H2,1-2H3,(H,11,12). The van der Waals surface area contributed by atoms with Crippen LogP contribution in [0.1, 0.15) is 32.1 Å². The zero-order valence-corrected chi connectivity index (χ0v) is 9.21. The number of rotatable bonds is 4. The molecule has 16 heavy (non-hydrogen) atoms. The van der Waals surface area contributed by atoms with Crippen LogP contribution in [-0.2, 0) is 0 Å². The zero-order chi connectivity index (χ0) is 11.5. The van der Waals surface area contributed by atoms with Gasteiger partial charge in [-0.15, -0.1) is 0 Å². The lowest BCUT2D eigenvalue weighted by Gasteiger charge is -2.12. The van der Waals surface area contributed by atoms with Crippen molar-refractivity contribution >= 4 is 0 Å². The first-order valence-electron chi connectivity index (χ1n) is 5.23. The molecule has 0 aromatic carbocycles. The van der Waals surface area contributed by atoms with Crippen LogP contribution in [0.15, 0.2) is 16.9 Å². The number of aromatic nitrogens is 4. The Hall–Kier alpha value is -1.69. The summed E-state index contributed by atoms with van der Waals surface area (Å²) in [4.78, 5) is 11.1. The van der Waals surface area contributed by atoms with Gasteiger partial charge in [0.1, 0.15) is 0 Å². The fourth-order valence-corrected chi connectivity index (χ4v) is 1.59. The van der Waals surface area contributed by atoms with Gasteiger partial charge in [0.15, 0.2) is 5.82 Å². The highest BCUT2D eigenvalue weighted by molar-refractivity contribution is 5.40. The smallest absolute Gasteiger partial charge is 0.238 e. The van der Waals surface area contributed by atoms with E-state index in [-0.39, 0.29) is 5.92 Å².